The van der Waals surface area contributed by atoms with Crippen molar-refractivity contribution < 1.29 is 38.5 Å². The molecule has 1 saturated carbocycles. The minimum Gasteiger partial charge on any atom is -0.481 e. The summed E-state index contributed by atoms with van der Waals surface area (Å²) in [5.41, 5.74) is 0.452. The minimum atomic E-state index is -0.818. The second kappa shape index (κ2) is 9.51. The van der Waals surface area contributed by atoms with E-state index >= 15 is 0 Å². The SMILES string of the molecule is C=CC(=O)OCOC(=O)c1ccc(C(=O)OC2CCC(C(=O)O)CC2)cc1. The van der Waals surface area contributed by atoms with E-state index in [0.717, 1.165) is 6.08 Å². The third-order valence-corrected chi connectivity index (χ3v) is 4.21. The Hall–Kier alpha value is -3.16. The molecule has 2 rings (SSSR count). The number of hydrogen-bond donors (Lipinski definition) is 1. The van der Waals surface area contributed by atoms with Gasteiger partial charge in [0.25, 0.3) is 0 Å². The normalized spacial score (nSPS) is 18.8. The molecule has 1 N–H and O–H groups in total. The number of carboxylic acids is 1. The molecule has 0 atom stereocenters. The highest BCUT2D eigenvalue weighted by Crippen LogP contribution is 2.27. The van der Waals surface area contributed by atoms with Crippen LogP contribution in [-0.2, 0) is 23.8 Å². The Bertz CT molecular complexity index is 714. The van der Waals surface area contributed by atoms with Gasteiger partial charge in [0.05, 0.1) is 17.0 Å². The molecule has 27 heavy (non-hydrogen) atoms. The first-order valence-electron chi connectivity index (χ1n) is 8.41. The molecular formula is C19H20O8. The zero-order chi connectivity index (χ0) is 19.8. The lowest BCUT2D eigenvalue weighted by Crippen LogP contribution is -2.27. The van der Waals surface area contributed by atoms with E-state index in [1.165, 1.54) is 24.3 Å². The number of carbonyl (C=O) groups is 4. The van der Waals surface area contributed by atoms with Gasteiger partial charge in [-0.1, -0.05) is 6.58 Å². The van der Waals surface area contributed by atoms with Crippen molar-refractivity contribution >= 4 is 23.9 Å². The summed E-state index contributed by atoms with van der Waals surface area (Å²) < 4.78 is 14.7. The Balaban J connectivity index is 1.82. The first-order valence-corrected chi connectivity index (χ1v) is 8.41. The Morgan fingerprint density at radius 3 is 2.04 bits per heavy atom. The molecule has 0 aromatic heterocycles. The van der Waals surface area contributed by atoms with E-state index in [1.807, 2.05) is 0 Å². The largest absolute Gasteiger partial charge is 0.481 e. The van der Waals surface area contributed by atoms with Crippen LogP contribution in [0.4, 0.5) is 0 Å². The number of carbonyl (C=O) groups excluding carboxylic acids is 3. The van der Waals surface area contributed by atoms with E-state index < -0.39 is 30.7 Å². The summed E-state index contributed by atoms with van der Waals surface area (Å²) in [4.78, 5) is 45.7. The Morgan fingerprint density at radius 1 is 0.963 bits per heavy atom. The van der Waals surface area contributed by atoms with Crippen molar-refractivity contribution in [2.45, 2.75) is 31.8 Å². The summed E-state index contributed by atoms with van der Waals surface area (Å²) >= 11 is 0. The summed E-state index contributed by atoms with van der Waals surface area (Å²) in [6.45, 7) is 2.68. The molecule has 0 heterocycles. The van der Waals surface area contributed by atoms with Crippen LogP contribution in [0.5, 0.6) is 0 Å². The molecule has 144 valence electrons. The first kappa shape index (κ1) is 20.2. The average Bonchev–Trinajstić information content (AvgIpc) is 2.68. The second-order valence-electron chi connectivity index (χ2n) is 6.01. The molecule has 1 fully saturated rings. The lowest BCUT2D eigenvalue weighted by molar-refractivity contribution is -0.146. The standard InChI is InChI=1S/C19H20O8/c1-2-16(20)25-11-26-18(23)13-3-5-14(6-4-13)19(24)27-15-9-7-12(8-10-15)17(21)22/h2-6,12,15H,1,7-11H2,(H,21,22). The molecule has 0 saturated heterocycles. The fourth-order valence-corrected chi connectivity index (χ4v) is 2.67. The molecule has 0 spiro atoms. The van der Waals surface area contributed by atoms with Gasteiger partial charge in [-0.2, -0.15) is 0 Å². The quantitative estimate of drug-likeness (QED) is 0.438. The fraction of sp³-hybridized carbons (Fsp3) is 0.368. The van der Waals surface area contributed by atoms with Crippen molar-refractivity contribution in [2.24, 2.45) is 5.92 Å². The van der Waals surface area contributed by atoms with Crippen LogP contribution in [0.3, 0.4) is 0 Å². The van der Waals surface area contributed by atoms with E-state index in [-0.39, 0.29) is 23.1 Å². The van der Waals surface area contributed by atoms with Gasteiger partial charge in [0, 0.05) is 6.08 Å². The Kier molecular flexibility index (Phi) is 7.10. The zero-order valence-corrected chi connectivity index (χ0v) is 14.6. The molecule has 8 nitrogen and oxygen atoms in total. The monoisotopic (exact) mass is 376 g/mol. The van der Waals surface area contributed by atoms with Crippen molar-refractivity contribution in [3.63, 3.8) is 0 Å². The van der Waals surface area contributed by atoms with Gasteiger partial charge in [0.15, 0.2) is 0 Å². The van der Waals surface area contributed by atoms with Crippen LogP contribution in [-0.4, -0.2) is 41.9 Å². The van der Waals surface area contributed by atoms with Crippen molar-refractivity contribution in [3.8, 4) is 0 Å². The van der Waals surface area contributed by atoms with Crippen LogP contribution < -0.4 is 0 Å². The summed E-state index contributed by atoms with van der Waals surface area (Å²) in [5.74, 6) is -3.15. The number of benzene rings is 1. The summed E-state index contributed by atoms with van der Waals surface area (Å²) in [6.07, 6.45) is 2.62. The van der Waals surface area contributed by atoms with Gasteiger partial charge in [-0.3, -0.25) is 4.79 Å². The van der Waals surface area contributed by atoms with Gasteiger partial charge in [-0.25, -0.2) is 14.4 Å². The highest BCUT2D eigenvalue weighted by molar-refractivity contribution is 5.93. The molecule has 0 radical (unpaired) electrons. The van der Waals surface area contributed by atoms with Crippen LogP contribution in [0.2, 0.25) is 0 Å². The summed E-state index contributed by atoms with van der Waals surface area (Å²) in [5, 5.41) is 8.97. The summed E-state index contributed by atoms with van der Waals surface area (Å²) in [7, 11) is 0. The molecule has 1 aliphatic carbocycles. The Labute approximate surface area is 155 Å². The number of hydrogen-bond acceptors (Lipinski definition) is 7. The molecule has 1 aliphatic rings. The average molecular weight is 376 g/mol. The first-order chi connectivity index (χ1) is 12.9. The smallest absolute Gasteiger partial charge is 0.340 e. The van der Waals surface area contributed by atoms with Crippen molar-refractivity contribution in [2.75, 3.05) is 6.79 Å². The molecule has 8 heteroatoms. The van der Waals surface area contributed by atoms with Crippen molar-refractivity contribution in [3.05, 3.63) is 48.0 Å². The molecular weight excluding hydrogens is 356 g/mol. The maximum absolute atomic E-state index is 12.2. The molecule has 1 aromatic rings. The Morgan fingerprint density at radius 2 is 1.52 bits per heavy atom. The number of rotatable bonds is 7. The van der Waals surface area contributed by atoms with E-state index in [4.69, 9.17) is 14.6 Å². The van der Waals surface area contributed by atoms with Crippen LogP contribution in [0.15, 0.2) is 36.9 Å². The van der Waals surface area contributed by atoms with Gasteiger partial charge in [0.2, 0.25) is 6.79 Å². The number of ether oxygens (including phenoxy) is 3. The van der Waals surface area contributed by atoms with Gasteiger partial charge in [0.1, 0.15) is 6.10 Å². The van der Waals surface area contributed by atoms with E-state index in [0.29, 0.717) is 25.7 Å². The third kappa shape index (κ3) is 5.95. The van der Waals surface area contributed by atoms with Gasteiger partial charge < -0.3 is 19.3 Å². The van der Waals surface area contributed by atoms with Crippen LogP contribution in [0, 0.1) is 5.92 Å². The van der Waals surface area contributed by atoms with E-state index in [2.05, 4.69) is 11.3 Å². The molecule has 0 amide bonds. The van der Waals surface area contributed by atoms with E-state index in [9.17, 15) is 19.2 Å². The predicted octanol–water partition coefficient (Wildman–Crippen LogP) is 2.33. The minimum absolute atomic E-state index is 0.183. The number of aliphatic carboxylic acids is 1. The highest BCUT2D eigenvalue weighted by atomic mass is 16.7. The van der Waals surface area contributed by atoms with Crippen LogP contribution in [0.1, 0.15) is 46.4 Å². The second-order valence-corrected chi connectivity index (χ2v) is 6.01. The van der Waals surface area contributed by atoms with Crippen molar-refractivity contribution in [1.29, 1.82) is 0 Å². The lowest BCUT2D eigenvalue weighted by Gasteiger charge is -2.25. The highest BCUT2D eigenvalue weighted by Gasteiger charge is 2.28. The molecule has 0 bridgehead atoms. The van der Waals surface area contributed by atoms with Crippen LogP contribution >= 0.6 is 0 Å². The third-order valence-electron chi connectivity index (χ3n) is 4.21. The fourth-order valence-electron chi connectivity index (χ4n) is 2.67. The maximum atomic E-state index is 12.2. The zero-order valence-electron chi connectivity index (χ0n) is 14.6. The summed E-state index contributed by atoms with van der Waals surface area (Å²) in [6, 6.07) is 5.65. The van der Waals surface area contributed by atoms with Gasteiger partial charge in [-0.15, -0.1) is 0 Å². The molecule has 0 unspecified atom stereocenters. The topological polar surface area (TPSA) is 116 Å². The number of esters is 3. The lowest BCUT2D eigenvalue weighted by atomic mass is 9.87. The molecule has 1 aromatic carbocycles. The predicted molar refractivity (Wildman–Crippen MR) is 91.8 cm³/mol. The van der Waals surface area contributed by atoms with Gasteiger partial charge >= 0.3 is 23.9 Å². The molecule has 0 aliphatic heterocycles. The van der Waals surface area contributed by atoms with Crippen LogP contribution in [0.25, 0.3) is 0 Å². The van der Waals surface area contributed by atoms with Gasteiger partial charge in [-0.05, 0) is 49.9 Å². The van der Waals surface area contributed by atoms with Crippen molar-refractivity contribution in [1.82, 2.24) is 0 Å². The maximum Gasteiger partial charge on any atom is 0.340 e. The van der Waals surface area contributed by atoms with E-state index in [1.54, 1.807) is 0 Å². The number of carboxylic acid groups (broad SMARTS) is 1.